The van der Waals surface area contributed by atoms with E-state index in [9.17, 15) is 4.79 Å². The van der Waals surface area contributed by atoms with Crippen LogP contribution in [0.15, 0.2) is 64.2 Å². The summed E-state index contributed by atoms with van der Waals surface area (Å²) in [5, 5.41) is 12.1. The summed E-state index contributed by atoms with van der Waals surface area (Å²) in [6, 6.07) is 17.5. The first-order valence-electron chi connectivity index (χ1n) is 8.89. The molecule has 1 N–H and O–H groups in total. The Balaban J connectivity index is 1.51. The molecule has 0 spiro atoms. The summed E-state index contributed by atoms with van der Waals surface area (Å²) in [7, 11) is 0. The topological polar surface area (TPSA) is 69.0 Å². The maximum absolute atomic E-state index is 12.1. The third kappa shape index (κ3) is 5.84. The molecule has 3 aromatic rings. The van der Waals surface area contributed by atoms with Crippen molar-refractivity contribution < 1.29 is 9.53 Å². The minimum absolute atomic E-state index is 0.0350. The van der Waals surface area contributed by atoms with Gasteiger partial charge in [0.25, 0.3) is 0 Å². The normalized spacial score (nSPS) is 10.6. The van der Waals surface area contributed by atoms with Gasteiger partial charge < -0.3 is 14.6 Å². The first-order valence-corrected chi connectivity index (χ1v) is 10.7. The molecule has 1 amide bonds. The van der Waals surface area contributed by atoms with E-state index in [0.29, 0.717) is 30.6 Å². The van der Waals surface area contributed by atoms with Gasteiger partial charge in [-0.15, -0.1) is 10.2 Å². The number of hydrogen-bond acceptors (Lipinski definition) is 5. The molecule has 1 heterocycles. The maximum Gasteiger partial charge on any atom is 0.230 e. The van der Waals surface area contributed by atoms with Crippen molar-refractivity contribution in [3.8, 4) is 5.75 Å². The molecule has 0 saturated carbocycles. The predicted octanol–water partition coefficient (Wildman–Crippen LogP) is 4.05. The third-order valence-corrected chi connectivity index (χ3v) is 5.45. The van der Waals surface area contributed by atoms with Gasteiger partial charge in [0.05, 0.1) is 5.75 Å². The molecular formula is C20H21BrN4O2S. The van der Waals surface area contributed by atoms with E-state index in [0.717, 1.165) is 21.6 Å². The Labute approximate surface area is 176 Å². The fourth-order valence-electron chi connectivity index (χ4n) is 2.51. The number of ether oxygens (including phenoxy) is 1. The molecule has 0 aliphatic rings. The molecule has 0 saturated heterocycles. The Morgan fingerprint density at radius 3 is 2.61 bits per heavy atom. The third-order valence-electron chi connectivity index (χ3n) is 3.96. The summed E-state index contributed by atoms with van der Waals surface area (Å²) in [5.74, 6) is 1.76. The van der Waals surface area contributed by atoms with Gasteiger partial charge in [-0.2, -0.15) is 0 Å². The highest BCUT2D eigenvalue weighted by Gasteiger charge is 2.13. The highest BCUT2D eigenvalue weighted by atomic mass is 79.9. The first-order chi connectivity index (χ1) is 13.7. The van der Waals surface area contributed by atoms with Gasteiger partial charge in [-0.1, -0.05) is 58.0 Å². The number of rotatable bonds is 9. The molecule has 3 rings (SSSR count). The van der Waals surface area contributed by atoms with Crippen LogP contribution in [0.4, 0.5) is 0 Å². The lowest BCUT2D eigenvalue weighted by molar-refractivity contribution is -0.118. The van der Waals surface area contributed by atoms with Crippen molar-refractivity contribution in [3.63, 3.8) is 0 Å². The zero-order valence-corrected chi connectivity index (χ0v) is 17.9. The van der Waals surface area contributed by atoms with Gasteiger partial charge in [-0.3, -0.25) is 4.79 Å². The number of hydrogen-bond donors (Lipinski definition) is 1. The van der Waals surface area contributed by atoms with Gasteiger partial charge in [0.2, 0.25) is 5.91 Å². The Bertz CT molecular complexity index is 900. The van der Waals surface area contributed by atoms with Gasteiger partial charge in [0.15, 0.2) is 11.0 Å². The van der Waals surface area contributed by atoms with Crippen LogP contribution in [0.2, 0.25) is 0 Å². The van der Waals surface area contributed by atoms with Crippen LogP contribution in [-0.4, -0.2) is 26.4 Å². The summed E-state index contributed by atoms with van der Waals surface area (Å²) in [6.45, 7) is 3.57. The van der Waals surface area contributed by atoms with E-state index >= 15 is 0 Å². The van der Waals surface area contributed by atoms with Gasteiger partial charge in [-0.25, -0.2) is 0 Å². The zero-order chi connectivity index (χ0) is 19.8. The van der Waals surface area contributed by atoms with E-state index in [1.54, 1.807) is 0 Å². The molecule has 1 aromatic heterocycles. The van der Waals surface area contributed by atoms with E-state index in [1.165, 1.54) is 11.8 Å². The molecule has 6 nitrogen and oxygen atoms in total. The van der Waals surface area contributed by atoms with E-state index in [1.807, 2.05) is 66.1 Å². The van der Waals surface area contributed by atoms with Crippen LogP contribution >= 0.6 is 27.7 Å². The standard InChI is InChI=1S/C20H21BrN4O2S/c1-2-25-18(13-27-17-10-8-16(21)9-11-17)23-24-20(25)28-14-19(26)22-12-15-6-4-3-5-7-15/h3-11H,2,12-14H2,1H3,(H,22,26). The number of aromatic nitrogens is 3. The monoisotopic (exact) mass is 460 g/mol. The average molecular weight is 461 g/mol. The molecule has 146 valence electrons. The second-order valence-corrected chi connectivity index (χ2v) is 7.79. The minimum atomic E-state index is -0.0350. The number of amides is 1. The van der Waals surface area contributed by atoms with Gasteiger partial charge in [0.1, 0.15) is 12.4 Å². The van der Waals surface area contributed by atoms with Crippen molar-refractivity contribution in [2.45, 2.75) is 31.8 Å². The second kappa shape index (κ2) is 10.3. The van der Waals surface area contributed by atoms with Gasteiger partial charge >= 0.3 is 0 Å². The number of thioether (sulfide) groups is 1. The first kappa shape index (κ1) is 20.4. The van der Waals surface area contributed by atoms with Crippen LogP contribution in [0, 0.1) is 0 Å². The number of halogens is 1. The number of benzene rings is 2. The van der Waals surface area contributed by atoms with Gasteiger partial charge in [0, 0.05) is 17.6 Å². The van der Waals surface area contributed by atoms with Crippen molar-refractivity contribution in [2.75, 3.05) is 5.75 Å². The lowest BCUT2D eigenvalue weighted by Crippen LogP contribution is -2.24. The molecule has 28 heavy (non-hydrogen) atoms. The van der Waals surface area contributed by atoms with Crippen molar-refractivity contribution in [3.05, 3.63) is 70.5 Å². The van der Waals surface area contributed by atoms with E-state index in [2.05, 4.69) is 31.4 Å². The van der Waals surface area contributed by atoms with Gasteiger partial charge in [-0.05, 0) is 36.8 Å². The molecule has 0 atom stereocenters. The largest absolute Gasteiger partial charge is 0.486 e. The molecule has 0 aliphatic heterocycles. The molecule has 8 heteroatoms. The SMILES string of the molecule is CCn1c(COc2ccc(Br)cc2)nnc1SCC(=O)NCc1ccccc1. The zero-order valence-electron chi connectivity index (χ0n) is 15.5. The van der Waals surface area contributed by atoms with Crippen molar-refractivity contribution >= 4 is 33.6 Å². The number of carbonyl (C=O) groups excluding carboxylic acids is 1. The Kier molecular flexibility index (Phi) is 7.50. The predicted molar refractivity (Wildman–Crippen MR) is 113 cm³/mol. The average Bonchev–Trinajstić information content (AvgIpc) is 3.13. The van der Waals surface area contributed by atoms with Crippen LogP contribution in [0.5, 0.6) is 5.75 Å². The van der Waals surface area contributed by atoms with Crippen molar-refractivity contribution in [1.82, 2.24) is 20.1 Å². The Morgan fingerprint density at radius 2 is 1.89 bits per heavy atom. The van der Waals surface area contributed by atoms with Crippen LogP contribution in [-0.2, 0) is 24.5 Å². The highest BCUT2D eigenvalue weighted by molar-refractivity contribution is 9.10. The van der Waals surface area contributed by atoms with E-state index in [-0.39, 0.29) is 5.91 Å². The van der Waals surface area contributed by atoms with E-state index in [4.69, 9.17) is 4.74 Å². The molecule has 0 radical (unpaired) electrons. The maximum atomic E-state index is 12.1. The summed E-state index contributed by atoms with van der Waals surface area (Å²) in [4.78, 5) is 12.1. The van der Waals surface area contributed by atoms with E-state index < -0.39 is 0 Å². The van der Waals surface area contributed by atoms with Crippen LogP contribution in [0.3, 0.4) is 0 Å². The summed E-state index contributed by atoms with van der Waals surface area (Å²) in [5.41, 5.74) is 1.07. The van der Waals surface area contributed by atoms with Crippen LogP contribution in [0.1, 0.15) is 18.3 Å². The van der Waals surface area contributed by atoms with Crippen LogP contribution < -0.4 is 10.1 Å². The van der Waals surface area contributed by atoms with Crippen LogP contribution in [0.25, 0.3) is 0 Å². The molecular weight excluding hydrogens is 440 g/mol. The lowest BCUT2D eigenvalue weighted by atomic mass is 10.2. The molecule has 0 bridgehead atoms. The summed E-state index contributed by atoms with van der Waals surface area (Å²) < 4.78 is 8.75. The lowest BCUT2D eigenvalue weighted by Gasteiger charge is -2.09. The number of nitrogens with zero attached hydrogens (tertiary/aromatic N) is 3. The molecule has 0 fully saturated rings. The fourth-order valence-corrected chi connectivity index (χ4v) is 3.62. The summed E-state index contributed by atoms with van der Waals surface area (Å²) >= 11 is 4.78. The second-order valence-electron chi connectivity index (χ2n) is 5.94. The fraction of sp³-hybridized carbons (Fsp3) is 0.250. The van der Waals surface area contributed by atoms with Crippen molar-refractivity contribution in [1.29, 1.82) is 0 Å². The Morgan fingerprint density at radius 1 is 1.14 bits per heavy atom. The van der Waals surface area contributed by atoms with Crippen molar-refractivity contribution in [2.24, 2.45) is 0 Å². The minimum Gasteiger partial charge on any atom is -0.486 e. The number of carbonyl (C=O) groups is 1. The Hall–Kier alpha value is -2.32. The quantitative estimate of drug-likeness (QED) is 0.487. The molecule has 0 aliphatic carbocycles. The number of nitrogens with one attached hydrogen (secondary N) is 1. The smallest absolute Gasteiger partial charge is 0.230 e. The summed E-state index contributed by atoms with van der Waals surface area (Å²) in [6.07, 6.45) is 0. The highest BCUT2D eigenvalue weighted by Crippen LogP contribution is 2.20. The molecule has 2 aromatic carbocycles. The molecule has 0 unspecified atom stereocenters.